The fraction of sp³-hybridized carbons (Fsp3) is 0.105. The molecule has 0 fully saturated rings. The minimum atomic E-state index is -0.806. The van der Waals surface area contributed by atoms with Crippen LogP contribution in [0.1, 0.15) is 12.5 Å². The molecule has 2 amide bonds. The fourth-order valence-electron chi connectivity index (χ4n) is 2.99. The van der Waals surface area contributed by atoms with Crippen LogP contribution in [0.2, 0.25) is 0 Å². The van der Waals surface area contributed by atoms with Crippen molar-refractivity contribution in [2.24, 2.45) is 0 Å². The highest BCUT2D eigenvalue weighted by Crippen LogP contribution is 2.34. The van der Waals surface area contributed by atoms with Gasteiger partial charge in [0.15, 0.2) is 0 Å². The molecular formula is C19H15FN4O2. The number of amides is 2. The summed E-state index contributed by atoms with van der Waals surface area (Å²) < 4.78 is 14.8. The molecule has 2 heterocycles. The highest BCUT2D eigenvalue weighted by Gasteiger charge is 2.33. The molecule has 0 bridgehead atoms. The van der Waals surface area contributed by atoms with Crippen molar-refractivity contribution < 1.29 is 14.0 Å². The van der Waals surface area contributed by atoms with E-state index in [1.54, 1.807) is 12.3 Å². The van der Waals surface area contributed by atoms with Gasteiger partial charge in [-0.2, -0.15) is 5.10 Å². The van der Waals surface area contributed by atoms with E-state index >= 15 is 0 Å². The molecule has 1 atom stereocenters. The molecule has 130 valence electrons. The van der Waals surface area contributed by atoms with Crippen molar-refractivity contribution in [1.82, 2.24) is 9.78 Å². The molecule has 1 aliphatic heterocycles. The number of hydrogen-bond acceptors (Lipinski definition) is 3. The van der Waals surface area contributed by atoms with Gasteiger partial charge in [-0.1, -0.05) is 36.4 Å². The standard InChI is InChI=1S/C19H15FN4O2/c20-13-7-4-8-14(9-13)22-19(26)16-10-17(25)23-18-15(11-21-24(16)18)12-5-2-1-3-6-12/h1-9,11,16H,10H2,(H,22,26)(H,23,25)/t16-/m1/s1. The van der Waals surface area contributed by atoms with Gasteiger partial charge < -0.3 is 10.6 Å². The summed E-state index contributed by atoms with van der Waals surface area (Å²) in [6.45, 7) is 0. The largest absolute Gasteiger partial charge is 0.324 e. The van der Waals surface area contributed by atoms with Crippen LogP contribution in [0.4, 0.5) is 15.9 Å². The molecule has 0 aliphatic carbocycles. The fourth-order valence-corrected chi connectivity index (χ4v) is 2.99. The molecule has 6 nitrogen and oxygen atoms in total. The van der Waals surface area contributed by atoms with Gasteiger partial charge in [0, 0.05) is 11.3 Å². The second kappa shape index (κ2) is 6.44. The van der Waals surface area contributed by atoms with Crippen molar-refractivity contribution in [3.05, 3.63) is 66.6 Å². The maximum atomic E-state index is 13.3. The third kappa shape index (κ3) is 2.95. The van der Waals surface area contributed by atoms with Crippen molar-refractivity contribution in [3.63, 3.8) is 0 Å². The summed E-state index contributed by atoms with van der Waals surface area (Å²) in [6.07, 6.45) is 1.59. The maximum absolute atomic E-state index is 13.3. The van der Waals surface area contributed by atoms with Crippen molar-refractivity contribution in [3.8, 4) is 11.1 Å². The zero-order valence-electron chi connectivity index (χ0n) is 13.6. The van der Waals surface area contributed by atoms with Crippen molar-refractivity contribution in [1.29, 1.82) is 0 Å². The Hall–Kier alpha value is -3.48. The Morgan fingerprint density at radius 2 is 2.00 bits per heavy atom. The van der Waals surface area contributed by atoms with E-state index in [0.29, 0.717) is 11.5 Å². The van der Waals surface area contributed by atoms with E-state index in [4.69, 9.17) is 0 Å². The molecule has 7 heteroatoms. The molecule has 0 spiro atoms. The Balaban J connectivity index is 1.66. The highest BCUT2D eigenvalue weighted by molar-refractivity contribution is 6.03. The van der Waals surface area contributed by atoms with Crippen LogP contribution in [0.3, 0.4) is 0 Å². The summed E-state index contributed by atoms with van der Waals surface area (Å²) in [5, 5.41) is 9.73. The van der Waals surface area contributed by atoms with Gasteiger partial charge in [0.1, 0.15) is 17.7 Å². The first-order chi connectivity index (χ1) is 12.6. The first-order valence-corrected chi connectivity index (χ1v) is 8.11. The zero-order valence-corrected chi connectivity index (χ0v) is 13.6. The quantitative estimate of drug-likeness (QED) is 0.762. The number of rotatable bonds is 3. The molecule has 2 N–H and O–H groups in total. The van der Waals surface area contributed by atoms with Gasteiger partial charge in [-0.3, -0.25) is 9.59 Å². The Kier molecular flexibility index (Phi) is 3.96. The molecule has 4 rings (SSSR count). The first kappa shape index (κ1) is 16.0. The van der Waals surface area contributed by atoms with Gasteiger partial charge in [-0.05, 0) is 23.8 Å². The number of anilines is 2. The summed E-state index contributed by atoms with van der Waals surface area (Å²) >= 11 is 0. The Morgan fingerprint density at radius 1 is 1.19 bits per heavy atom. The number of halogens is 1. The second-order valence-corrected chi connectivity index (χ2v) is 5.99. The van der Waals surface area contributed by atoms with E-state index in [2.05, 4.69) is 15.7 Å². The lowest BCUT2D eigenvalue weighted by Crippen LogP contribution is -2.35. The van der Waals surface area contributed by atoms with Gasteiger partial charge in [0.2, 0.25) is 11.8 Å². The van der Waals surface area contributed by atoms with E-state index < -0.39 is 17.8 Å². The summed E-state index contributed by atoms with van der Waals surface area (Å²) in [6, 6.07) is 14.3. The van der Waals surface area contributed by atoms with E-state index in [-0.39, 0.29) is 12.3 Å². The number of nitrogens with one attached hydrogen (secondary N) is 2. The molecule has 0 unspecified atom stereocenters. The number of fused-ring (bicyclic) bond motifs is 1. The Morgan fingerprint density at radius 3 is 2.77 bits per heavy atom. The molecular weight excluding hydrogens is 335 g/mol. The number of carbonyl (C=O) groups excluding carboxylic acids is 2. The SMILES string of the molecule is O=C1C[C@H](C(=O)Nc2cccc(F)c2)n2ncc(-c3ccccc3)c2N1. The lowest BCUT2D eigenvalue weighted by molar-refractivity contribution is -0.125. The first-order valence-electron chi connectivity index (χ1n) is 8.11. The number of carbonyl (C=O) groups is 2. The van der Waals surface area contributed by atoms with Crippen molar-refractivity contribution in [2.45, 2.75) is 12.5 Å². The average Bonchev–Trinajstić information content (AvgIpc) is 3.05. The summed E-state index contributed by atoms with van der Waals surface area (Å²) in [4.78, 5) is 24.8. The van der Waals surface area contributed by atoms with Crippen LogP contribution in [-0.4, -0.2) is 21.6 Å². The lowest BCUT2D eigenvalue weighted by atomic mass is 10.1. The molecule has 26 heavy (non-hydrogen) atoms. The average molecular weight is 350 g/mol. The smallest absolute Gasteiger partial charge is 0.249 e. The van der Waals surface area contributed by atoms with Crippen LogP contribution in [0, 0.1) is 5.82 Å². The molecule has 1 aliphatic rings. The predicted molar refractivity (Wildman–Crippen MR) is 95.0 cm³/mol. The predicted octanol–water partition coefficient (Wildman–Crippen LogP) is 3.21. The second-order valence-electron chi connectivity index (χ2n) is 5.99. The summed E-state index contributed by atoms with van der Waals surface area (Å²) in [7, 11) is 0. The van der Waals surface area contributed by atoms with Gasteiger partial charge >= 0.3 is 0 Å². The molecule has 0 saturated heterocycles. The van der Waals surface area contributed by atoms with Crippen LogP contribution in [0.25, 0.3) is 11.1 Å². The van der Waals surface area contributed by atoms with Crippen molar-refractivity contribution >= 4 is 23.3 Å². The zero-order chi connectivity index (χ0) is 18.1. The van der Waals surface area contributed by atoms with E-state index in [0.717, 1.165) is 11.1 Å². The maximum Gasteiger partial charge on any atom is 0.249 e. The summed E-state index contributed by atoms with van der Waals surface area (Å²) in [5.41, 5.74) is 1.96. The van der Waals surface area contributed by atoms with Gasteiger partial charge in [0.05, 0.1) is 12.6 Å². The number of aromatic nitrogens is 2. The highest BCUT2D eigenvalue weighted by atomic mass is 19.1. The van der Waals surface area contributed by atoms with Gasteiger partial charge in [0.25, 0.3) is 0 Å². The van der Waals surface area contributed by atoms with Crippen LogP contribution in [-0.2, 0) is 9.59 Å². The van der Waals surface area contributed by atoms with E-state index in [9.17, 15) is 14.0 Å². The summed E-state index contributed by atoms with van der Waals surface area (Å²) in [5.74, 6) is -0.661. The lowest BCUT2D eigenvalue weighted by Gasteiger charge is -2.24. The molecule has 3 aromatic rings. The number of benzene rings is 2. The van der Waals surface area contributed by atoms with Crippen molar-refractivity contribution in [2.75, 3.05) is 10.6 Å². The number of hydrogen-bond donors (Lipinski definition) is 2. The Bertz CT molecular complexity index is 984. The van der Waals surface area contributed by atoms with Crippen LogP contribution >= 0.6 is 0 Å². The normalized spacial score (nSPS) is 15.9. The van der Waals surface area contributed by atoms with Gasteiger partial charge in [-0.25, -0.2) is 9.07 Å². The topological polar surface area (TPSA) is 76.0 Å². The molecule has 1 aromatic heterocycles. The van der Waals surface area contributed by atoms with E-state index in [1.807, 2.05) is 30.3 Å². The van der Waals surface area contributed by atoms with Gasteiger partial charge in [-0.15, -0.1) is 0 Å². The third-order valence-corrected chi connectivity index (χ3v) is 4.21. The molecule has 2 aromatic carbocycles. The van der Waals surface area contributed by atoms with E-state index in [1.165, 1.54) is 22.9 Å². The molecule has 0 saturated carbocycles. The van der Waals surface area contributed by atoms with Crippen LogP contribution in [0.5, 0.6) is 0 Å². The van der Waals surface area contributed by atoms with Crippen LogP contribution < -0.4 is 10.6 Å². The molecule has 0 radical (unpaired) electrons. The minimum absolute atomic E-state index is 0.0376. The third-order valence-electron chi connectivity index (χ3n) is 4.21. The monoisotopic (exact) mass is 350 g/mol. The minimum Gasteiger partial charge on any atom is -0.324 e. The van der Waals surface area contributed by atoms with Crippen LogP contribution in [0.15, 0.2) is 60.8 Å². The Labute approximate surface area is 148 Å². The number of nitrogens with zero attached hydrogens (tertiary/aromatic N) is 2.